The van der Waals surface area contributed by atoms with E-state index in [9.17, 15) is 9.59 Å². The minimum Gasteiger partial charge on any atom is -0.489 e. The lowest BCUT2D eigenvalue weighted by Gasteiger charge is -2.12. The van der Waals surface area contributed by atoms with Gasteiger partial charge in [0, 0.05) is 5.56 Å². The number of amides is 1. The third kappa shape index (κ3) is 5.21. The van der Waals surface area contributed by atoms with Gasteiger partial charge in [0.15, 0.2) is 0 Å². The molecule has 1 unspecified atom stereocenters. The zero-order chi connectivity index (χ0) is 20.8. The number of primary amides is 1. The van der Waals surface area contributed by atoms with Crippen LogP contribution in [-0.4, -0.2) is 17.0 Å². The molecule has 0 fully saturated rings. The molecule has 0 aliphatic rings. The van der Waals surface area contributed by atoms with Crippen LogP contribution in [0.25, 0.3) is 11.1 Å². The Morgan fingerprint density at radius 1 is 0.931 bits per heavy atom. The highest BCUT2D eigenvalue weighted by Crippen LogP contribution is 2.25. The van der Waals surface area contributed by atoms with Gasteiger partial charge < -0.3 is 21.3 Å². The third-order valence-electron chi connectivity index (χ3n) is 4.52. The van der Waals surface area contributed by atoms with E-state index < -0.39 is 17.9 Å². The van der Waals surface area contributed by atoms with Gasteiger partial charge in [-0.25, -0.2) is 0 Å². The Morgan fingerprint density at radius 2 is 1.62 bits per heavy atom. The predicted molar refractivity (Wildman–Crippen MR) is 110 cm³/mol. The lowest BCUT2D eigenvalue weighted by atomic mass is 9.98. The molecular weight excluding hydrogens is 368 g/mol. The van der Waals surface area contributed by atoms with Gasteiger partial charge in [-0.1, -0.05) is 54.6 Å². The first-order chi connectivity index (χ1) is 13.9. The fraction of sp³-hybridized carbons (Fsp3) is 0.130. The standard InChI is InChI=1S/C23H22N2O4/c24-22(23(25)28)19-9-4-8-17(12-19)16-7-3-5-15(11-16)14-29-20-10-2-1-6-18(20)13-21(26)27/h1-12,22H,13-14,24H2,(H2,25,28)(H,26,27). The summed E-state index contributed by atoms with van der Waals surface area (Å²) in [6, 6.07) is 21.4. The summed E-state index contributed by atoms with van der Waals surface area (Å²) in [4.78, 5) is 22.4. The van der Waals surface area contributed by atoms with Crippen LogP contribution in [0, 0.1) is 0 Å². The van der Waals surface area contributed by atoms with Crippen LogP contribution in [-0.2, 0) is 22.6 Å². The van der Waals surface area contributed by atoms with Crippen LogP contribution < -0.4 is 16.2 Å². The van der Waals surface area contributed by atoms with E-state index in [-0.39, 0.29) is 6.42 Å². The number of carboxylic acids is 1. The van der Waals surface area contributed by atoms with Crippen molar-refractivity contribution in [3.63, 3.8) is 0 Å². The fourth-order valence-corrected chi connectivity index (χ4v) is 3.03. The normalized spacial score (nSPS) is 11.6. The summed E-state index contributed by atoms with van der Waals surface area (Å²) >= 11 is 0. The number of carbonyl (C=O) groups excluding carboxylic acids is 1. The van der Waals surface area contributed by atoms with Gasteiger partial charge in [0.25, 0.3) is 0 Å². The van der Waals surface area contributed by atoms with Gasteiger partial charge in [-0.3, -0.25) is 9.59 Å². The summed E-state index contributed by atoms with van der Waals surface area (Å²) in [5, 5.41) is 9.04. The van der Waals surface area contributed by atoms with E-state index in [0.29, 0.717) is 23.5 Å². The molecule has 0 aromatic heterocycles. The van der Waals surface area contributed by atoms with Crippen LogP contribution in [0.4, 0.5) is 0 Å². The number of hydrogen-bond acceptors (Lipinski definition) is 4. The second kappa shape index (κ2) is 9.03. The lowest BCUT2D eigenvalue weighted by Crippen LogP contribution is -2.28. The van der Waals surface area contributed by atoms with Crippen molar-refractivity contribution in [3.8, 4) is 16.9 Å². The second-order valence-corrected chi connectivity index (χ2v) is 6.67. The number of nitrogens with two attached hydrogens (primary N) is 2. The number of rotatable bonds is 8. The Bertz CT molecular complexity index is 1030. The highest BCUT2D eigenvalue weighted by atomic mass is 16.5. The van der Waals surface area contributed by atoms with Gasteiger partial charge in [0.1, 0.15) is 18.4 Å². The lowest BCUT2D eigenvalue weighted by molar-refractivity contribution is -0.136. The fourth-order valence-electron chi connectivity index (χ4n) is 3.03. The second-order valence-electron chi connectivity index (χ2n) is 6.67. The van der Waals surface area contributed by atoms with Crippen LogP contribution in [0.5, 0.6) is 5.75 Å². The van der Waals surface area contributed by atoms with Crippen molar-refractivity contribution in [2.75, 3.05) is 0 Å². The highest BCUT2D eigenvalue weighted by molar-refractivity contribution is 5.81. The average Bonchev–Trinajstić information content (AvgIpc) is 2.72. The van der Waals surface area contributed by atoms with Crippen LogP contribution >= 0.6 is 0 Å². The minimum absolute atomic E-state index is 0.0941. The van der Waals surface area contributed by atoms with Crippen LogP contribution in [0.3, 0.4) is 0 Å². The van der Waals surface area contributed by atoms with Gasteiger partial charge in [-0.05, 0) is 40.5 Å². The van der Waals surface area contributed by atoms with Gasteiger partial charge >= 0.3 is 5.97 Å². The van der Waals surface area contributed by atoms with E-state index in [0.717, 1.165) is 16.7 Å². The molecule has 6 nitrogen and oxygen atoms in total. The van der Waals surface area contributed by atoms with Crippen molar-refractivity contribution in [1.29, 1.82) is 0 Å². The van der Waals surface area contributed by atoms with Crippen molar-refractivity contribution in [1.82, 2.24) is 0 Å². The van der Waals surface area contributed by atoms with Gasteiger partial charge in [0.05, 0.1) is 6.42 Å². The van der Waals surface area contributed by atoms with E-state index in [1.165, 1.54) is 0 Å². The molecule has 0 saturated carbocycles. The zero-order valence-corrected chi connectivity index (χ0v) is 15.7. The summed E-state index contributed by atoms with van der Waals surface area (Å²) in [5.74, 6) is -0.934. The molecule has 29 heavy (non-hydrogen) atoms. The maximum atomic E-state index is 11.4. The summed E-state index contributed by atoms with van der Waals surface area (Å²) in [7, 11) is 0. The Kier molecular flexibility index (Phi) is 6.26. The topological polar surface area (TPSA) is 116 Å². The zero-order valence-electron chi connectivity index (χ0n) is 15.7. The average molecular weight is 390 g/mol. The molecular formula is C23H22N2O4. The number of aliphatic carboxylic acids is 1. The van der Waals surface area contributed by atoms with Crippen molar-refractivity contribution < 1.29 is 19.4 Å². The van der Waals surface area contributed by atoms with Crippen molar-refractivity contribution >= 4 is 11.9 Å². The molecule has 148 valence electrons. The molecule has 0 aliphatic heterocycles. The Hall–Kier alpha value is -3.64. The molecule has 0 saturated heterocycles. The number of ether oxygens (including phenoxy) is 1. The van der Waals surface area contributed by atoms with E-state index in [4.69, 9.17) is 21.3 Å². The Morgan fingerprint density at radius 3 is 2.34 bits per heavy atom. The molecule has 1 atom stereocenters. The highest BCUT2D eigenvalue weighted by Gasteiger charge is 2.13. The summed E-state index contributed by atoms with van der Waals surface area (Å²) in [6.45, 7) is 0.297. The molecule has 3 rings (SSSR count). The molecule has 0 heterocycles. The van der Waals surface area contributed by atoms with Crippen molar-refractivity contribution in [3.05, 3.63) is 89.5 Å². The molecule has 0 spiro atoms. The maximum absolute atomic E-state index is 11.4. The molecule has 0 bridgehead atoms. The molecule has 5 N–H and O–H groups in total. The van der Waals surface area contributed by atoms with Crippen LogP contribution in [0.2, 0.25) is 0 Å². The number of hydrogen-bond donors (Lipinski definition) is 3. The Labute approximate surface area is 168 Å². The first-order valence-electron chi connectivity index (χ1n) is 9.10. The first-order valence-corrected chi connectivity index (χ1v) is 9.10. The number of carbonyl (C=O) groups is 2. The SMILES string of the molecule is NC(=O)C(N)c1cccc(-c2cccc(COc3ccccc3CC(=O)O)c2)c1. The van der Waals surface area contributed by atoms with Gasteiger partial charge in [-0.15, -0.1) is 0 Å². The van der Waals surface area contributed by atoms with Gasteiger partial charge in [-0.2, -0.15) is 0 Å². The van der Waals surface area contributed by atoms with E-state index in [1.54, 1.807) is 24.3 Å². The predicted octanol–water partition coefficient (Wildman–Crippen LogP) is 3.04. The summed E-state index contributed by atoms with van der Waals surface area (Å²) in [6.07, 6.45) is -0.0941. The third-order valence-corrected chi connectivity index (χ3v) is 4.52. The van der Waals surface area contributed by atoms with Crippen LogP contribution in [0.1, 0.15) is 22.7 Å². The summed E-state index contributed by atoms with van der Waals surface area (Å²) < 4.78 is 5.86. The number of carboxylic acid groups (broad SMARTS) is 1. The van der Waals surface area contributed by atoms with E-state index in [2.05, 4.69) is 0 Å². The summed E-state index contributed by atoms with van der Waals surface area (Å²) in [5.41, 5.74) is 15.2. The van der Waals surface area contributed by atoms with E-state index >= 15 is 0 Å². The molecule has 6 heteroatoms. The molecule has 3 aromatic carbocycles. The molecule has 1 amide bonds. The quantitative estimate of drug-likeness (QED) is 0.547. The first kappa shape index (κ1) is 20.1. The Balaban J connectivity index is 1.78. The van der Waals surface area contributed by atoms with E-state index in [1.807, 2.05) is 48.5 Å². The van der Waals surface area contributed by atoms with Gasteiger partial charge in [0.2, 0.25) is 5.91 Å². The van der Waals surface area contributed by atoms with Crippen molar-refractivity contribution in [2.24, 2.45) is 11.5 Å². The number of para-hydroxylation sites is 1. The minimum atomic E-state index is -0.905. The maximum Gasteiger partial charge on any atom is 0.307 e. The molecule has 0 aliphatic carbocycles. The van der Waals surface area contributed by atoms with Crippen LogP contribution in [0.15, 0.2) is 72.8 Å². The number of benzene rings is 3. The largest absolute Gasteiger partial charge is 0.489 e. The smallest absolute Gasteiger partial charge is 0.307 e. The van der Waals surface area contributed by atoms with Crippen molar-refractivity contribution in [2.45, 2.75) is 19.1 Å². The molecule has 3 aromatic rings. The monoisotopic (exact) mass is 390 g/mol. The molecule has 0 radical (unpaired) electrons.